The van der Waals surface area contributed by atoms with Gasteiger partial charge in [-0.15, -0.1) is 0 Å². The molecule has 2 aliphatic rings. The molecule has 1 aliphatic carbocycles. The summed E-state index contributed by atoms with van der Waals surface area (Å²) in [5.41, 5.74) is 10.7. The largest absolute Gasteiger partial charge is 0.399 e. The number of unbranched alkanes of at least 4 members (excludes halogenated alkanes) is 8. The highest BCUT2D eigenvalue weighted by molar-refractivity contribution is 5.99. The maximum Gasteiger partial charge on any atom is 0.0561 e. The van der Waals surface area contributed by atoms with Crippen molar-refractivity contribution in [1.29, 1.82) is 5.41 Å². The molecule has 3 rings (SSSR count). The Hall–Kier alpha value is -2.29. The number of benzene rings is 2. The zero-order chi connectivity index (χ0) is 20.6. The lowest BCUT2D eigenvalue weighted by Gasteiger charge is -2.23. The van der Waals surface area contributed by atoms with Crippen LogP contribution in [0.2, 0.25) is 0 Å². The minimum atomic E-state index is 0.573. The van der Waals surface area contributed by atoms with Gasteiger partial charge in [-0.1, -0.05) is 70.4 Å². The first-order valence-electron chi connectivity index (χ1n) is 11.5. The van der Waals surface area contributed by atoms with Crippen LogP contribution in [0.1, 0.15) is 77.3 Å². The third-order valence-electron chi connectivity index (χ3n) is 6.09. The molecule has 0 amide bonds. The molecule has 0 spiro atoms. The fourth-order valence-corrected chi connectivity index (χ4v) is 4.54. The number of rotatable bonds is 11. The summed E-state index contributed by atoms with van der Waals surface area (Å²) >= 11 is 0. The number of fused-ring (bicyclic) bond motifs is 3. The van der Waals surface area contributed by atoms with Crippen molar-refractivity contribution in [2.45, 2.75) is 84.6 Å². The van der Waals surface area contributed by atoms with Gasteiger partial charge >= 0.3 is 0 Å². The number of aryl methyl sites for hydroxylation is 1. The summed E-state index contributed by atoms with van der Waals surface area (Å²) in [6.07, 6.45) is 13.2. The molecule has 0 saturated heterocycles. The Morgan fingerprint density at radius 1 is 0.793 bits per heavy atom. The molecule has 0 fully saturated rings. The molecule has 156 valence electrons. The van der Waals surface area contributed by atoms with E-state index in [1.165, 1.54) is 85.5 Å². The van der Waals surface area contributed by atoms with E-state index < -0.39 is 0 Å². The molecule has 3 heteroatoms. The number of hydrogen-bond donors (Lipinski definition) is 2. The van der Waals surface area contributed by atoms with Crippen LogP contribution in [0.3, 0.4) is 0 Å². The Bertz CT molecular complexity index is 954. The molecule has 3 N–H and O–H groups in total. The Balaban J connectivity index is 1.78. The summed E-state index contributed by atoms with van der Waals surface area (Å²) in [5, 5.41) is 11.2. The molecule has 0 radical (unpaired) electrons. The van der Waals surface area contributed by atoms with Crippen LogP contribution in [-0.2, 0) is 13.0 Å². The van der Waals surface area contributed by atoms with Crippen molar-refractivity contribution in [2.24, 2.45) is 0 Å². The number of nitrogens with two attached hydrogens (primary N) is 1. The molecule has 0 saturated carbocycles. The van der Waals surface area contributed by atoms with Crippen molar-refractivity contribution in [3.63, 3.8) is 0 Å². The topological polar surface area (TPSA) is 54.8 Å². The fraction of sp³-hybridized carbons (Fsp3) is 0.500. The predicted molar refractivity (Wildman–Crippen MR) is 125 cm³/mol. The van der Waals surface area contributed by atoms with Gasteiger partial charge in [0, 0.05) is 28.9 Å². The molecule has 29 heavy (non-hydrogen) atoms. The summed E-state index contributed by atoms with van der Waals surface area (Å²) in [6, 6.07) is 12.3. The van der Waals surface area contributed by atoms with Gasteiger partial charge in [0.1, 0.15) is 0 Å². The highest BCUT2D eigenvalue weighted by Crippen LogP contribution is 2.35. The summed E-state index contributed by atoms with van der Waals surface area (Å²) in [6.45, 7) is 5.39. The summed E-state index contributed by atoms with van der Waals surface area (Å²) in [7, 11) is 0. The second-order valence-corrected chi connectivity index (χ2v) is 8.31. The number of pyridine rings is 1. The van der Waals surface area contributed by atoms with Crippen LogP contribution in [0.4, 0.5) is 5.69 Å². The molecule has 0 unspecified atom stereocenters. The first kappa shape index (κ1) is 21.4. The van der Waals surface area contributed by atoms with Crippen molar-refractivity contribution in [1.82, 2.24) is 4.57 Å². The highest BCUT2D eigenvalue weighted by Gasteiger charge is 2.16. The van der Waals surface area contributed by atoms with Crippen molar-refractivity contribution in [3.05, 3.63) is 47.4 Å². The lowest BCUT2D eigenvalue weighted by atomic mass is 9.95. The fourth-order valence-electron chi connectivity index (χ4n) is 4.54. The van der Waals surface area contributed by atoms with Crippen LogP contribution >= 0.6 is 0 Å². The standard InChI is InChI=1S/C26H37N3/c1-3-5-6-7-8-9-10-11-12-13-25-24-18-20(27)14-16-22(24)23-17-15-21(28)19-26(23)29(25)4-2/h14-19,28H,3-13,27H2,1-2H3. The van der Waals surface area contributed by atoms with E-state index in [4.69, 9.17) is 11.1 Å². The molecule has 1 heterocycles. The van der Waals surface area contributed by atoms with Crippen molar-refractivity contribution < 1.29 is 0 Å². The van der Waals surface area contributed by atoms with Crippen LogP contribution < -0.4 is 11.1 Å². The zero-order valence-corrected chi connectivity index (χ0v) is 18.3. The summed E-state index contributed by atoms with van der Waals surface area (Å²) < 4.78 is 2.40. The SMILES string of the molecule is CCCCCCCCCCCc1c2cc(N)ccc2c2ccc(=N)cc-2n1CC. The van der Waals surface area contributed by atoms with Crippen LogP contribution in [-0.4, -0.2) is 4.57 Å². The van der Waals surface area contributed by atoms with Crippen molar-refractivity contribution in [2.75, 3.05) is 5.73 Å². The molecular formula is C26H37N3. The van der Waals surface area contributed by atoms with Gasteiger partial charge in [-0.25, -0.2) is 0 Å². The van der Waals surface area contributed by atoms with Gasteiger partial charge in [0.05, 0.1) is 11.1 Å². The third kappa shape index (κ3) is 5.20. The van der Waals surface area contributed by atoms with Gasteiger partial charge in [-0.05, 0) is 49.4 Å². The normalized spacial score (nSPS) is 11.5. The number of aromatic nitrogens is 1. The van der Waals surface area contributed by atoms with E-state index in [1.54, 1.807) is 0 Å². The predicted octanol–water partition coefficient (Wildman–Crippen LogP) is 6.90. The van der Waals surface area contributed by atoms with E-state index in [-0.39, 0.29) is 0 Å². The quantitative estimate of drug-likeness (QED) is 0.208. The third-order valence-corrected chi connectivity index (χ3v) is 6.09. The maximum absolute atomic E-state index is 8.10. The molecule has 1 aliphatic heterocycles. The van der Waals surface area contributed by atoms with E-state index in [0.717, 1.165) is 18.7 Å². The number of hydrogen-bond acceptors (Lipinski definition) is 2. The van der Waals surface area contributed by atoms with E-state index in [0.29, 0.717) is 5.36 Å². The van der Waals surface area contributed by atoms with Crippen molar-refractivity contribution in [3.8, 4) is 11.3 Å². The molecule has 0 bridgehead atoms. The molecule has 3 nitrogen and oxygen atoms in total. The van der Waals surface area contributed by atoms with E-state index in [1.807, 2.05) is 18.2 Å². The second kappa shape index (κ2) is 10.5. The molecule has 1 aromatic rings. The van der Waals surface area contributed by atoms with Gasteiger partial charge in [0.25, 0.3) is 0 Å². The molecule has 0 aromatic heterocycles. The average molecular weight is 392 g/mol. The van der Waals surface area contributed by atoms with E-state index in [9.17, 15) is 0 Å². The molecular weight excluding hydrogens is 354 g/mol. The number of nitrogen functional groups attached to an aromatic ring is 1. The molecule has 0 atom stereocenters. The van der Waals surface area contributed by atoms with E-state index in [2.05, 4.69) is 36.6 Å². The van der Waals surface area contributed by atoms with Gasteiger partial charge in [-0.2, -0.15) is 0 Å². The number of nitrogens with zero attached hydrogens (tertiary/aromatic N) is 1. The molecule has 1 aromatic carbocycles. The van der Waals surface area contributed by atoms with Crippen LogP contribution in [0.15, 0.2) is 36.4 Å². The Morgan fingerprint density at radius 3 is 2.17 bits per heavy atom. The van der Waals surface area contributed by atoms with Crippen LogP contribution in [0, 0.1) is 5.41 Å². The van der Waals surface area contributed by atoms with Crippen molar-refractivity contribution >= 4 is 16.5 Å². The Labute approximate surface area is 175 Å². The highest BCUT2D eigenvalue weighted by atomic mass is 15.0. The lowest BCUT2D eigenvalue weighted by Crippen LogP contribution is -2.13. The number of nitrogens with one attached hydrogen (secondary N) is 1. The van der Waals surface area contributed by atoms with Gasteiger partial charge in [-0.3, -0.25) is 0 Å². The Kier molecular flexibility index (Phi) is 7.74. The minimum absolute atomic E-state index is 0.573. The Morgan fingerprint density at radius 2 is 1.48 bits per heavy atom. The van der Waals surface area contributed by atoms with Crippen LogP contribution in [0.5, 0.6) is 0 Å². The minimum Gasteiger partial charge on any atom is -0.399 e. The monoisotopic (exact) mass is 391 g/mol. The smallest absolute Gasteiger partial charge is 0.0561 e. The average Bonchev–Trinajstić information content (AvgIpc) is 2.72. The van der Waals surface area contributed by atoms with Gasteiger partial charge in [0.15, 0.2) is 0 Å². The van der Waals surface area contributed by atoms with Gasteiger partial charge in [0.2, 0.25) is 0 Å². The first-order chi connectivity index (χ1) is 14.2. The summed E-state index contributed by atoms with van der Waals surface area (Å²) in [4.78, 5) is 0. The van der Waals surface area contributed by atoms with Gasteiger partial charge < -0.3 is 15.7 Å². The second-order valence-electron chi connectivity index (χ2n) is 8.31. The maximum atomic E-state index is 8.10. The van der Waals surface area contributed by atoms with Crippen LogP contribution in [0.25, 0.3) is 22.0 Å². The lowest BCUT2D eigenvalue weighted by molar-refractivity contribution is 0.560. The van der Waals surface area contributed by atoms with E-state index >= 15 is 0 Å². The first-order valence-corrected chi connectivity index (χ1v) is 11.5. The zero-order valence-electron chi connectivity index (χ0n) is 18.3. The number of anilines is 1. The summed E-state index contributed by atoms with van der Waals surface area (Å²) in [5.74, 6) is 0.